The molecule has 0 aliphatic rings. The third kappa shape index (κ3) is 2.48. The zero-order valence-corrected chi connectivity index (χ0v) is 9.90. The van der Waals surface area contributed by atoms with E-state index in [2.05, 4.69) is 36.1 Å². The van der Waals surface area contributed by atoms with Crippen LogP contribution in [0.25, 0.3) is 11.4 Å². The summed E-state index contributed by atoms with van der Waals surface area (Å²) in [6.45, 7) is 6.23. The lowest BCUT2D eigenvalue weighted by Gasteiger charge is -2.05. The van der Waals surface area contributed by atoms with Crippen LogP contribution in [0.15, 0.2) is 28.8 Å². The van der Waals surface area contributed by atoms with Crippen LogP contribution >= 0.6 is 0 Å². The van der Waals surface area contributed by atoms with E-state index in [1.54, 1.807) is 6.92 Å². The summed E-state index contributed by atoms with van der Waals surface area (Å²) in [4.78, 5) is 4.22. The Labute approximate surface area is 95.5 Å². The molecule has 0 bridgehead atoms. The van der Waals surface area contributed by atoms with E-state index in [0.29, 0.717) is 17.6 Å². The Morgan fingerprint density at radius 1 is 1.31 bits per heavy atom. The molecule has 84 valence electrons. The van der Waals surface area contributed by atoms with E-state index in [0.717, 1.165) is 12.0 Å². The fourth-order valence-corrected chi connectivity index (χ4v) is 1.73. The van der Waals surface area contributed by atoms with Crippen LogP contribution in [0.1, 0.15) is 25.3 Å². The predicted molar refractivity (Wildman–Crippen MR) is 63.0 cm³/mol. The highest BCUT2D eigenvalue weighted by molar-refractivity contribution is 5.55. The summed E-state index contributed by atoms with van der Waals surface area (Å²) in [7, 11) is 0. The standard InChI is InChI=1S/C13H16N2O/c1-9(2)7-11-5-4-6-12(8-11)13-14-10(3)16-15-13/h4-6,8-9H,7H2,1-3H3. The second-order valence-corrected chi connectivity index (χ2v) is 4.44. The van der Waals surface area contributed by atoms with Crippen LogP contribution in [-0.4, -0.2) is 10.1 Å². The number of benzene rings is 1. The molecule has 0 spiro atoms. The third-order valence-electron chi connectivity index (χ3n) is 2.36. The van der Waals surface area contributed by atoms with Crippen molar-refractivity contribution in [2.45, 2.75) is 27.2 Å². The highest BCUT2D eigenvalue weighted by Crippen LogP contribution is 2.18. The van der Waals surface area contributed by atoms with Gasteiger partial charge in [0.05, 0.1) is 0 Å². The maximum atomic E-state index is 4.98. The lowest BCUT2D eigenvalue weighted by Crippen LogP contribution is -1.94. The average molecular weight is 216 g/mol. The third-order valence-corrected chi connectivity index (χ3v) is 2.36. The minimum Gasteiger partial charge on any atom is -0.339 e. The summed E-state index contributed by atoms with van der Waals surface area (Å²) in [5.74, 6) is 1.93. The molecule has 0 unspecified atom stereocenters. The summed E-state index contributed by atoms with van der Waals surface area (Å²) >= 11 is 0. The molecule has 0 radical (unpaired) electrons. The van der Waals surface area contributed by atoms with Gasteiger partial charge in [-0.1, -0.05) is 37.2 Å². The molecule has 1 heterocycles. The SMILES string of the molecule is Cc1nc(-c2cccc(CC(C)C)c2)no1. The molecular formula is C13H16N2O. The van der Waals surface area contributed by atoms with Gasteiger partial charge in [0.1, 0.15) is 0 Å². The maximum Gasteiger partial charge on any atom is 0.223 e. The van der Waals surface area contributed by atoms with Crippen molar-refractivity contribution in [3.63, 3.8) is 0 Å². The molecule has 0 aliphatic carbocycles. The van der Waals surface area contributed by atoms with Crippen molar-refractivity contribution in [2.24, 2.45) is 5.92 Å². The van der Waals surface area contributed by atoms with Gasteiger partial charge >= 0.3 is 0 Å². The van der Waals surface area contributed by atoms with Crippen molar-refractivity contribution in [3.8, 4) is 11.4 Å². The molecule has 1 aromatic carbocycles. The van der Waals surface area contributed by atoms with Gasteiger partial charge in [0, 0.05) is 12.5 Å². The fraction of sp³-hybridized carbons (Fsp3) is 0.385. The number of aromatic nitrogens is 2. The first-order valence-corrected chi connectivity index (χ1v) is 5.55. The van der Waals surface area contributed by atoms with Crippen LogP contribution in [0, 0.1) is 12.8 Å². The molecule has 0 atom stereocenters. The molecular weight excluding hydrogens is 200 g/mol. The maximum absolute atomic E-state index is 4.98. The molecule has 0 aliphatic heterocycles. The van der Waals surface area contributed by atoms with Crippen molar-refractivity contribution >= 4 is 0 Å². The zero-order chi connectivity index (χ0) is 11.5. The second-order valence-electron chi connectivity index (χ2n) is 4.44. The van der Waals surface area contributed by atoms with Gasteiger partial charge in [-0.3, -0.25) is 0 Å². The van der Waals surface area contributed by atoms with Crippen LogP contribution < -0.4 is 0 Å². The van der Waals surface area contributed by atoms with E-state index in [4.69, 9.17) is 4.52 Å². The Morgan fingerprint density at radius 3 is 2.75 bits per heavy atom. The molecule has 16 heavy (non-hydrogen) atoms. The Hall–Kier alpha value is -1.64. The zero-order valence-electron chi connectivity index (χ0n) is 9.90. The molecule has 0 N–H and O–H groups in total. The van der Waals surface area contributed by atoms with Crippen LogP contribution in [0.2, 0.25) is 0 Å². The smallest absolute Gasteiger partial charge is 0.223 e. The Balaban J connectivity index is 2.28. The van der Waals surface area contributed by atoms with Gasteiger partial charge in [-0.2, -0.15) is 4.98 Å². The van der Waals surface area contributed by atoms with E-state index in [1.807, 2.05) is 12.1 Å². The molecule has 3 nitrogen and oxygen atoms in total. The largest absolute Gasteiger partial charge is 0.339 e. The number of hydrogen-bond donors (Lipinski definition) is 0. The molecule has 2 aromatic rings. The summed E-state index contributed by atoms with van der Waals surface area (Å²) in [5, 5.41) is 3.92. The van der Waals surface area contributed by atoms with Gasteiger partial charge in [-0.05, 0) is 24.0 Å². The van der Waals surface area contributed by atoms with Crippen LogP contribution in [0.4, 0.5) is 0 Å². The van der Waals surface area contributed by atoms with E-state index in [-0.39, 0.29) is 0 Å². The number of nitrogens with zero attached hydrogens (tertiary/aromatic N) is 2. The lowest BCUT2D eigenvalue weighted by atomic mass is 10.0. The average Bonchev–Trinajstić information content (AvgIpc) is 2.64. The van der Waals surface area contributed by atoms with Crippen molar-refractivity contribution in [1.82, 2.24) is 10.1 Å². The Bertz CT molecular complexity index is 474. The van der Waals surface area contributed by atoms with Gasteiger partial charge in [-0.25, -0.2) is 0 Å². The Morgan fingerprint density at radius 2 is 2.12 bits per heavy atom. The number of hydrogen-bond acceptors (Lipinski definition) is 3. The monoisotopic (exact) mass is 216 g/mol. The highest BCUT2D eigenvalue weighted by atomic mass is 16.5. The van der Waals surface area contributed by atoms with E-state index in [1.165, 1.54) is 5.56 Å². The highest BCUT2D eigenvalue weighted by Gasteiger charge is 2.06. The molecule has 0 fully saturated rings. The number of aryl methyl sites for hydroxylation is 1. The summed E-state index contributed by atoms with van der Waals surface area (Å²) in [6, 6.07) is 8.31. The van der Waals surface area contributed by atoms with Gasteiger partial charge in [0.2, 0.25) is 11.7 Å². The normalized spacial score (nSPS) is 11.0. The Kier molecular flexibility index (Phi) is 3.04. The molecule has 0 amide bonds. The quantitative estimate of drug-likeness (QED) is 0.790. The fourth-order valence-electron chi connectivity index (χ4n) is 1.73. The van der Waals surface area contributed by atoms with Gasteiger partial charge in [0.25, 0.3) is 0 Å². The lowest BCUT2D eigenvalue weighted by molar-refractivity contribution is 0.394. The van der Waals surface area contributed by atoms with E-state index >= 15 is 0 Å². The van der Waals surface area contributed by atoms with Gasteiger partial charge in [-0.15, -0.1) is 0 Å². The van der Waals surface area contributed by atoms with Crippen molar-refractivity contribution in [3.05, 3.63) is 35.7 Å². The first-order valence-electron chi connectivity index (χ1n) is 5.55. The molecule has 1 aromatic heterocycles. The first-order chi connectivity index (χ1) is 7.65. The van der Waals surface area contributed by atoms with Gasteiger partial charge in [0.15, 0.2) is 0 Å². The van der Waals surface area contributed by atoms with Gasteiger partial charge < -0.3 is 4.52 Å². The van der Waals surface area contributed by atoms with Crippen LogP contribution in [0.5, 0.6) is 0 Å². The topological polar surface area (TPSA) is 38.9 Å². The van der Waals surface area contributed by atoms with Crippen molar-refractivity contribution < 1.29 is 4.52 Å². The predicted octanol–water partition coefficient (Wildman–Crippen LogP) is 3.24. The molecule has 0 saturated heterocycles. The first kappa shape index (κ1) is 10.9. The number of rotatable bonds is 3. The van der Waals surface area contributed by atoms with E-state index in [9.17, 15) is 0 Å². The second kappa shape index (κ2) is 4.47. The van der Waals surface area contributed by atoms with Crippen molar-refractivity contribution in [2.75, 3.05) is 0 Å². The summed E-state index contributed by atoms with van der Waals surface area (Å²) in [5.41, 5.74) is 2.34. The molecule has 0 saturated carbocycles. The molecule has 2 rings (SSSR count). The molecule has 3 heteroatoms. The van der Waals surface area contributed by atoms with E-state index < -0.39 is 0 Å². The summed E-state index contributed by atoms with van der Waals surface area (Å²) in [6.07, 6.45) is 1.07. The minimum absolute atomic E-state index is 0.601. The van der Waals surface area contributed by atoms with Crippen LogP contribution in [0.3, 0.4) is 0 Å². The summed E-state index contributed by atoms with van der Waals surface area (Å²) < 4.78 is 4.98. The minimum atomic E-state index is 0.601. The van der Waals surface area contributed by atoms with Crippen LogP contribution in [-0.2, 0) is 6.42 Å². The van der Waals surface area contributed by atoms with Crippen molar-refractivity contribution in [1.29, 1.82) is 0 Å².